The number of halogens is 3. The van der Waals surface area contributed by atoms with E-state index in [1.807, 2.05) is 19.2 Å². The Kier molecular flexibility index (Phi) is 3.87. The van der Waals surface area contributed by atoms with E-state index in [9.17, 15) is 13.2 Å². The van der Waals surface area contributed by atoms with E-state index in [1.165, 1.54) is 17.5 Å². The molecule has 0 unspecified atom stereocenters. The molecule has 9 heteroatoms. The molecule has 0 aliphatic carbocycles. The summed E-state index contributed by atoms with van der Waals surface area (Å²) in [5.41, 5.74) is 1.07. The van der Waals surface area contributed by atoms with Crippen molar-refractivity contribution in [3.8, 4) is 11.1 Å². The Labute approximate surface area is 150 Å². The molecule has 0 radical (unpaired) electrons. The first kappa shape index (κ1) is 16.5. The van der Waals surface area contributed by atoms with Gasteiger partial charge in [0.25, 0.3) is 0 Å². The highest BCUT2D eigenvalue weighted by Crippen LogP contribution is 2.34. The first-order chi connectivity index (χ1) is 12.4. The van der Waals surface area contributed by atoms with Crippen LogP contribution in [0.1, 0.15) is 5.56 Å². The summed E-state index contributed by atoms with van der Waals surface area (Å²) in [5, 5.41) is 7.94. The molecule has 5 nitrogen and oxygen atoms in total. The van der Waals surface area contributed by atoms with E-state index in [4.69, 9.17) is 0 Å². The van der Waals surface area contributed by atoms with E-state index in [0.29, 0.717) is 16.3 Å². The quantitative estimate of drug-likeness (QED) is 0.556. The fourth-order valence-corrected chi connectivity index (χ4v) is 3.43. The number of anilines is 2. The zero-order valence-corrected chi connectivity index (χ0v) is 14.3. The lowest BCUT2D eigenvalue weighted by Crippen LogP contribution is -2.05. The van der Waals surface area contributed by atoms with E-state index >= 15 is 0 Å². The molecule has 0 amide bonds. The van der Waals surface area contributed by atoms with Gasteiger partial charge in [0.05, 0.1) is 22.0 Å². The van der Waals surface area contributed by atoms with E-state index in [2.05, 4.69) is 20.4 Å². The third-order valence-corrected chi connectivity index (χ3v) is 4.78. The summed E-state index contributed by atoms with van der Waals surface area (Å²) in [6.45, 7) is 0. The van der Waals surface area contributed by atoms with Gasteiger partial charge in [-0.25, -0.2) is 4.98 Å². The molecule has 3 heterocycles. The van der Waals surface area contributed by atoms with Crippen molar-refractivity contribution in [2.45, 2.75) is 6.18 Å². The number of hydrogen-bond acceptors (Lipinski definition) is 5. The van der Waals surface area contributed by atoms with Crippen molar-refractivity contribution >= 4 is 32.5 Å². The molecule has 0 aliphatic rings. The predicted octanol–water partition coefficient (Wildman–Crippen LogP) is 4.85. The molecular weight excluding hydrogens is 363 g/mol. The van der Waals surface area contributed by atoms with Crippen molar-refractivity contribution in [2.24, 2.45) is 7.05 Å². The number of pyridine rings is 1. The lowest BCUT2D eigenvalue weighted by Gasteiger charge is -2.08. The molecule has 26 heavy (non-hydrogen) atoms. The normalized spacial score (nSPS) is 11.8. The Morgan fingerprint density at radius 3 is 2.65 bits per heavy atom. The third-order valence-electron chi connectivity index (χ3n) is 3.84. The molecule has 0 saturated heterocycles. The molecule has 3 aromatic heterocycles. The summed E-state index contributed by atoms with van der Waals surface area (Å²) in [6, 6.07) is 8.28. The van der Waals surface area contributed by atoms with Crippen molar-refractivity contribution in [1.29, 1.82) is 0 Å². The Hall–Kier alpha value is -2.94. The maximum atomic E-state index is 12.9. The number of hydrogen-bond donors (Lipinski definition) is 1. The standard InChI is InChI=1S/C17H12F3N5S/c1-25-15(4-5-22-25)24-16-23-13-3-2-10(7-14(13)26-16)11-6-12(9-21-8-11)17(18,19)20/h2-9H,1H3,(H,23,24). The average molecular weight is 375 g/mol. The van der Waals surface area contributed by atoms with Gasteiger partial charge in [0.15, 0.2) is 5.13 Å². The number of nitrogens with zero attached hydrogens (tertiary/aromatic N) is 4. The Morgan fingerprint density at radius 2 is 1.92 bits per heavy atom. The maximum absolute atomic E-state index is 12.9. The van der Waals surface area contributed by atoms with Crippen LogP contribution in [0.4, 0.5) is 24.1 Å². The van der Waals surface area contributed by atoms with E-state index in [1.54, 1.807) is 23.0 Å². The van der Waals surface area contributed by atoms with Gasteiger partial charge in [-0.05, 0) is 23.8 Å². The van der Waals surface area contributed by atoms with Gasteiger partial charge < -0.3 is 5.32 Å². The van der Waals surface area contributed by atoms with Crippen LogP contribution in [0.5, 0.6) is 0 Å². The number of benzene rings is 1. The van der Waals surface area contributed by atoms with Crippen LogP contribution in [0.2, 0.25) is 0 Å². The van der Waals surface area contributed by atoms with Gasteiger partial charge in [0, 0.05) is 31.1 Å². The minimum absolute atomic E-state index is 0.413. The Bertz CT molecular complexity index is 1080. The first-order valence-corrected chi connectivity index (χ1v) is 8.40. The lowest BCUT2D eigenvalue weighted by molar-refractivity contribution is -0.137. The summed E-state index contributed by atoms with van der Waals surface area (Å²) in [7, 11) is 1.81. The van der Waals surface area contributed by atoms with Crippen LogP contribution in [0.3, 0.4) is 0 Å². The van der Waals surface area contributed by atoms with Crippen molar-refractivity contribution in [3.05, 3.63) is 54.5 Å². The molecule has 1 aromatic carbocycles. The molecule has 0 spiro atoms. The molecule has 0 saturated carbocycles. The molecule has 0 aliphatic heterocycles. The molecule has 132 valence electrons. The zero-order valence-electron chi connectivity index (χ0n) is 13.4. The van der Waals surface area contributed by atoms with Gasteiger partial charge in [-0.1, -0.05) is 17.4 Å². The second-order valence-electron chi connectivity index (χ2n) is 5.63. The van der Waals surface area contributed by atoms with Crippen molar-refractivity contribution in [2.75, 3.05) is 5.32 Å². The fraction of sp³-hybridized carbons (Fsp3) is 0.118. The van der Waals surface area contributed by atoms with E-state index in [-0.39, 0.29) is 0 Å². The van der Waals surface area contributed by atoms with Gasteiger partial charge in [-0.15, -0.1) is 0 Å². The second-order valence-corrected chi connectivity index (χ2v) is 6.66. The monoisotopic (exact) mass is 375 g/mol. The molecule has 0 bridgehead atoms. The number of aryl methyl sites for hydroxylation is 1. The van der Waals surface area contributed by atoms with Crippen LogP contribution in [-0.4, -0.2) is 19.7 Å². The topological polar surface area (TPSA) is 55.6 Å². The molecule has 4 rings (SSSR count). The summed E-state index contributed by atoms with van der Waals surface area (Å²) in [5.74, 6) is 0.798. The lowest BCUT2D eigenvalue weighted by atomic mass is 10.1. The summed E-state index contributed by atoms with van der Waals surface area (Å²) in [6.07, 6.45) is -0.497. The molecular formula is C17H12F3N5S. The van der Waals surface area contributed by atoms with Crippen LogP contribution in [-0.2, 0) is 13.2 Å². The molecule has 0 atom stereocenters. The number of rotatable bonds is 3. The smallest absolute Gasteiger partial charge is 0.316 e. The summed E-state index contributed by atoms with van der Waals surface area (Å²) >= 11 is 1.42. The largest absolute Gasteiger partial charge is 0.417 e. The molecule has 1 N–H and O–H groups in total. The third kappa shape index (κ3) is 3.13. The Balaban J connectivity index is 1.69. The number of alkyl halides is 3. The highest BCUT2D eigenvalue weighted by atomic mass is 32.1. The zero-order chi connectivity index (χ0) is 18.3. The van der Waals surface area contributed by atoms with Crippen LogP contribution in [0, 0.1) is 0 Å². The van der Waals surface area contributed by atoms with Gasteiger partial charge in [-0.3, -0.25) is 9.67 Å². The number of fused-ring (bicyclic) bond motifs is 1. The minimum atomic E-state index is -4.42. The van der Waals surface area contributed by atoms with Crippen LogP contribution in [0.15, 0.2) is 48.9 Å². The van der Waals surface area contributed by atoms with Crippen molar-refractivity contribution in [1.82, 2.24) is 19.7 Å². The Morgan fingerprint density at radius 1 is 1.08 bits per heavy atom. The van der Waals surface area contributed by atoms with Crippen LogP contribution >= 0.6 is 11.3 Å². The molecule has 0 fully saturated rings. The highest BCUT2D eigenvalue weighted by Gasteiger charge is 2.31. The van der Waals surface area contributed by atoms with Gasteiger partial charge >= 0.3 is 6.18 Å². The second kappa shape index (κ2) is 6.10. The average Bonchev–Trinajstić information content (AvgIpc) is 3.19. The van der Waals surface area contributed by atoms with Crippen molar-refractivity contribution < 1.29 is 13.2 Å². The fourth-order valence-electron chi connectivity index (χ4n) is 2.52. The van der Waals surface area contributed by atoms with Gasteiger partial charge in [-0.2, -0.15) is 18.3 Å². The SMILES string of the molecule is Cn1nccc1Nc1nc2ccc(-c3cncc(C(F)(F)F)c3)cc2s1. The number of nitrogens with one attached hydrogen (secondary N) is 1. The van der Waals surface area contributed by atoms with Crippen molar-refractivity contribution in [3.63, 3.8) is 0 Å². The first-order valence-electron chi connectivity index (χ1n) is 7.58. The maximum Gasteiger partial charge on any atom is 0.417 e. The molecule has 4 aromatic rings. The van der Waals surface area contributed by atoms with Gasteiger partial charge in [0.2, 0.25) is 0 Å². The number of thiazole rings is 1. The van der Waals surface area contributed by atoms with Gasteiger partial charge in [0.1, 0.15) is 5.82 Å². The summed E-state index contributed by atoms with van der Waals surface area (Å²) in [4.78, 5) is 8.21. The summed E-state index contributed by atoms with van der Waals surface area (Å²) < 4.78 is 41.2. The predicted molar refractivity (Wildman–Crippen MR) is 94.3 cm³/mol. The van der Waals surface area contributed by atoms with Crippen LogP contribution < -0.4 is 5.32 Å². The number of aromatic nitrogens is 4. The van der Waals surface area contributed by atoms with E-state index < -0.39 is 11.7 Å². The minimum Gasteiger partial charge on any atom is -0.316 e. The van der Waals surface area contributed by atoms with Crippen LogP contribution in [0.25, 0.3) is 21.3 Å². The highest BCUT2D eigenvalue weighted by molar-refractivity contribution is 7.22. The van der Waals surface area contributed by atoms with E-state index in [0.717, 1.165) is 28.3 Å².